The van der Waals surface area contributed by atoms with E-state index in [-0.39, 0.29) is 25.2 Å². The van der Waals surface area contributed by atoms with Crippen LogP contribution in [0.5, 0.6) is 11.5 Å². The Labute approximate surface area is 208 Å². The lowest BCUT2D eigenvalue weighted by molar-refractivity contribution is -0.139. The number of nitrogens with zero attached hydrogens (tertiary/aromatic N) is 1. The van der Waals surface area contributed by atoms with Gasteiger partial charge in [0.2, 0.25) is 0 Å². The van der Waals surface area contributed by atoms with E-state index in [1.807, 2.05) is 13.0 Å². The molecule has 1 aliphatic heterocycles. The number of rotatable bonds is 9. The van der Waals surface area contributed by atoms with Gasteiger partial charge < -0.3 is 24.8 Å². The summed E-state index contributed by atoms with van der Waals surface area (Å²) in [6, 6.07) is 10.1. The van der Waals surface area contributed by atoms with Crippen molar-refractivity contribution in [3.05, 3.63) is 52.5 Å². The summed E-state index contributed by atoms with van der Waals surface area (Å²) in [4.78, 5) is 35.9. The molecule has 0 radical (unpaired) electrons. The van der Waals surface area contributed by atoms with E-state index in [0.29, 0.717) is 34.4 Å². The van der Waals surface area contributed by atoms with Gasteiger partial charge in [-0.25, -0.2) is 5.43 Å². The smallest absolute Gasteiger partial charge is 0.329 e. The highest BCUT2D eigenvalue weighted by molar-refractivity contribution is 6.35. The molecule has 0 aromatic heterocycles. The molecule has 186 valence electrons. The zero-order valence-electron chi connectivity index (χ0n) is 19.4. The van der Waals surface area contributed by atoms with Crippen LogP contribution in [-0.4, -0.2) is 56.9 Å². The van der Waals surface area contributed by atoms with Crippen molar-refractivity contribution in [1.29, 1.82) is 0 Å². The van der Waals surface area contributed by atoms with Gasteiger partial charge in [0, 0.05) is 23.9 Å². The van der Waals surface area contributed by atoms with Gasteiger partial charge in [-0.15, -0.1) is 0 Å². The molecule has 1 heterocycles. The maximum Gasteiger partial charge on any atom is 0.329 e. The Balaban J connectivity index is 1.48. The van der Waals surface area contributed by atoms with E-state index < -0.39 is 11.8 Å². The number of amides is 3. The van der Waals surface area contributed by atoms with Crippen LogP contribution in [0.4, 0.5) is 5.69 Å². The lowest BCUT2D eigenvalue weighted by atomic mass is 10.2. The quantitative estimate of drug-likeness (QED) is 0.274. The minimum absolute atomic E-state index is 0.0596. The molecule has 2 aromatic rings. The Bertz CT molecular complexity index is 1100. The third-order valence-electron chi connectivity index (χ3n) is 5.10. The number of hydrogen-bond donors (Lipinski definition) is 3. The van der Waals surface area contributed by atoms with Crippen molar-refractivity contribution in [2.24, 2.45) is 5.10 Å². The molecule has 10 nitrogen and oxygen atoms in total. The lowest BCUT2D eigenvalue weighted by Gasteiger charge is -2.12. The average Bonchev–Trinajstić information content (AvgIpc) is 3.37. The molecule has 1 atom stereocenters. The largest absolute Gasteiger partial charge is 0.493 e. The monoisotopic (exact) mass is 502 g/mol. The third-order valence-corrected chi connectivity index (χ3v) is 5.51. The molecular weight excluding hydrogens is 476 g/mol. The molecule has 3 rings (SSSR count). The SMILES string of the molecule is COc1cc(/C=N\NC(=O)C(=O)NC[C@H]2CCCO2)ccc1OCC(=O)Nc1ccc(C)c(Cl)c1. The van der Waals surface area contributed by atoms with E-state index >= 15 is 0 Å². The highest BCUT2D eigenvalue weighted by atomic mass is 35.5. The van der Waals surface area contributed by atoms with Crippen LogP contribution >= 0.6 is 11.6 Å². The topological polar surface area (TPSA) is 127 Å². The zero-order chi connectivity index (χ0) is 25.2. The molecule has 0 spiro atoms. The first-order valence-corrected chi connectivity index (χ1v) is 11.3. The highest BCUT2D eigenvalue weighted by Crippen LogP contribution is 2.27. The summed E-state index contributed by atoms with van der Waals surface area (Å²) >= 11 is 6.07. The van der Waals surface area contributed by atoms with Crippen LogP contribution in [0, 0.1) is 6.92 Å². The van der Waals surface area contributed by atoms with E-state index in [0.717, 1.165) is 18.4 Å². The summed E-state index contributed by atoms with van der Waals surface area (Å²) in [6.45, 7) is 2.58. The van der Waals surface area contributed by atoms with Gasteiger partial charge in [0.05, 0.1) is 19.4 Å². The van der Waals surface area contributed by atoms with Crippen molar-refractivity contribution in [2.45, 2.75) is 25.9 Å². The molecule has 0 bridgehead atoms. The Kier molecular flexibility index (Phi) is 9.45. The number of halogens is 1. The number of carbonyl (C=O) groups is 3. The molecule has 0 aliphatic carbocycles. The van der Waals surface area contributed by atoms with Crippen LogP contribution in [0.15, 0.2) is 41.5 Å². The van der Waals surface area contributed by atoms with Crippen molar-refractivity contribution in [3.63, 3.8) is 0 Å². The summed E-state index contributed by atoms with van der Waals surface area (Å²) in [6.07, 6.45) is 3.09. The van der Waals surface area contributed by atoms with Crippen LogP contribution in [0.3, 0.4) is 0 Å². The number of nitrogens with one attached hydrogen (secondary N) is 3. The van der Waals surface area contributed by atoms with Crippen molar-refractivity contribution in [3.8, 4) is 11.5 Å². The third kappa shape index (κ3) is 7.97. The first-order chi connectivity index (χ1) is 16.9. The van der Waals surface area contributed by atoms with Gasteiger partial charge in [-0.2, -0.15) is 5.10 Å². The number of methoxy groups -OCH3 is 1. The number of carbonyl (C=O) groups excluding carboxylic acids is 3. The molecule has 3 N–H and O–H groups in total. The Morgan fingerprint density at radius 3 is 2.71 bits per heavy atom. The van der Waals surface area contributed by atoms with E-state index in [9.17, 15) is 14.4 Å². The average molecular weight is 503 g/mol. The summed E-state index contributed by atoms with van der Waals surface area (Å²) in [5.74, 6) is -1.32. The van der Waals surface area contributed by atoms with Crippen molar-refractivity contribution in [1.82, 2.24) is 10.7 Å². The Morgan fingerprint density at radius 1 is 1.17 bits per heavy atom. The van der Waals surface area contributed by atoms with E-state index in [2.05, 4.69) is 21.2 Å². The fourth-order valence-electron chi connectivity index (χ4n) is 3.20. The number of ether oxygens (including phenoxy) is 3. The molecule has 1 aliphatic rings. The number of aryl methyl sites for hydroxylation is 1. The standard InChI is InChI=1S/C24H27ClN4O6/c1-15-5-7-17(11-19(15)25)28-22(30)14-35-20-8-6-16(10-21(20)33-2)12-27-29-24(32)23(31)26-13-18-4-3-9-34-18/h5-8,10-12,18H,3-4,9,13-14H2,1-2H3,(H,26,31)(H,28,30)(H,29,32)/b27-12-/t18-/m1/s1. The van der Waals surface area contributed by atoms with Crippen LogP contribution in [0.1, 0.15) is 24.0 Å². The van der Waals surface area contributed by atoms with Crippen LogP contribution < -0.4 is 25.5 Å². The van der Waals surface area contributed by atoms with Crippen LogP contribution in [-0.2, 0) is 19.1 Å². The number of benzene rings is 2. The minimum Gasteiger partial charge on any atom is -0.493 e. The van der Waals surface area contributed by atoms with Gasteiger partial charge in [-0.1, -0.05) is 17.7 Å². The van der Waals surface area contributed by atoms with E-state index in [1.54, 1.807) is 30.3 Å². The molecule has 1 saturated heterocycles. The molecule has 2 aromatic carbocycles. The van der Waals surface area contributed by atoms with Gasteiger partial charge in [0.15, 0.2) is 18.1 Å². The fraction of sp³-hybridized carbons (Fsp3) is 0.333. The first-order valence-electron chi connectivity index (χ1n) is 11.0. The summed E-state index contributed by atoms with van der Waals surface area (Å²) in [7, 11) is 1.46. The summed E-state index contributed by atoms with van der Waals surface area (Å²) < 4.78 is 16.3. The normalized spacial score (nSPS) is 15.0. The van der Waals surface area contributed by atoms with E-state index in [1.165, 1.54) is 13.3 Å². The number of hydrogen-bond acceptors (Lipinski definition) is 7. The second kappa shape index (κ2) is 12.7. The lowest BCUT2D eigenvalue weighted by Crippen LogP contribution is -2.41. The van der Waals surface area contributed by atoms with Gasteiger partial charge in [-0.3, -0.25) is 14.4 Å². The molecule has 11 heteroatoms. The van der Waals surface area contributed by atoms with Crippen molar-refractivity contribution in [2.75, 3.05) is 32.2 Å². The Morgan fingerprint density at radius 2 is 2.00 bits per heavy atom. The molecule has 3 amide bonds. The number of anilines is 1. The predicted octanol–water partition coefficient (Wildman–Crippen LogP) is 2.42. The predicted molar refractivity (Wildman–Crippen MR) is 131 cm³/mol. The van der Waals surface area contributed by atoms with Gasteiger partial charge in [0.25, 0.3) is 5.91 Å². The number of hydrazone groups is 1. The zero-order valence-corrected chi connectivity index (χ0v) is 20.2. The molecule has 0 saturated carbocycles. The van der Waals surface area contributed by atoms with Crippen LogP contribution in [0.2, 0.25) is 5.02 Å². The maximum atomic E-state index is 12.2. The fourth-order valence-corrected chi connectivity index (χ4v) is 3.38. The highest BCUT2D eigenvalue weighted by Gasteiger charge is 2.19. The molecular formula is C24H27ClN4O6. The first kappa shape index (κ1) is 26.0. The van der Waals surface area contributed by atoms with E-state index in [4.69, 9.17) is 25.8 Å². The molecule has 0 unspecified atom stereocenters. The summed E-state index contributed by atoms with van der Waals surface area (Å²) in [5.41, 5.74) is 4.22. The van der Waals surface area contributed by atoms with Gasteiger partial charge in [0.1, 0.15) is 0 Å². The maximum absolute atomic E-state index is 12.2. The minimum atomic E-state index is -0.882. The van der Waals surface area contributed by atoms with Crippen molar-refractivity contribution < 1.29 is 28.6 Å². The molecule has 35 heavy (non-hydrogen) atoms. The van der Waals surface area contributed by atoms with Crippen LogP contribution in [0.25, 0.3) is 0 Å². The summed E-state index contributed by atoms with van der Waals surface area (Å²) in [5, 5.41) is 9.58. The molecule has 1 fully saturated rings. The van der Waals surface area contributed by atoms with Gasteiger partial charge >= 0.3 is 11.8 Å². The second-order valence-electron chi connectivity index (χ2n) is 7.76. The van der Waals surface area contributed by atoms with Crippen molar-refractivity contribution >= 4 is 41.2 Å². The van der Waals surface area contributed by atoms with Gasteiger partial charge in [-0.05, 0) is 61.2 Å². The Hall–Kier alpha value is -3.63. The second-order valence-corrected chi connectivity index (χ2v) is 8.16.